The Morgan fingerprint density at radius 3 is 2.94 bits per heavy atom. The minimum absolute atomic E-state index is 0. The van der Waals surface area contributed by atoms with Crippen molar-refractivity contribution in [3.05, 3.63) is 28.2 Å². The van der Waals surface area contributed by atoms with E-state index in [-0.39, 0.29) is 18.3 Å². The van der Waals surface area contributed by atoms with E-state index >= 15 is 0 Å². The van der Waals surface area contributed by atoms with E-state index in [0.717, 1.165) is 23.1 Å². The molecule has 0 bridgehead atoms. The van der Waals surface area contributed by atoms with Gasteiger partial charge in [-0.25, -0.2) is 0 Å². The zero-order valence-electron chi connectivity index (χ0n) is 8.78. The SMILES string of the molecule is Cl.NCCC(=O)N1CCc2cc(Br)ccc21. The highest BCUT2D eigenvalue weighted by molar-refractivity contribution is 9.10. The molecule has 0 aromatic heterocycles. The molecule has 0 saturated carbocycles. The highest BCUT2D eigenvalue weighted by Crippen LogP contribution is 2.30. The van der Waals surface area contributed by atoms with Crippen molar-refractivity contribution in [1.29, 1.82) is 0 Å². The quantitative estimate of drug-likeness (QED) is 0.909. The van der Waals surface area contributed by atoms with Crippen molar-refractivity contribution < 1.29 is 4.79 Å². The Kier molecular flexibility index (Phi) is 4.77. The summed E-state index contributed by atoms with van der Waals surface area (Å²) in [6.07, 6.45) is 1.36. The van der Waals surface area contributed by atoms with Crippen molar-refractivity contribution in [1.82, 2.24) is 0 Å². The average molecular weight is 306 g/mol. The molecule has 1 heterocycles. The van der Waals surface area contributed by atoms with Gasteiger partial charge in [0, 0.05) is 29.7 Å². The summed E-state index contributed by atoms with van der Waals surface area (Å²) in [5.41, 5.74) is 7.66. The molecule has 0 aliphatic carbocycles. The Morgan fingerprint density at radius 1 is 1.50 bits per heavy atom. The smallest absolute Gasteiger partial charge is 0.228 e. The van der Waals surface area contributed by atoms with Crippen LogP contribution in [0.25, 0.3) is 0 Å². The number of nitrogens with zero attached hydrogens (tertiary/aromatic N) is 1. The van der Waals surface area contributed by atoms with Gasteiger partial charge in [-0.1, -0.05) is 15.9 Å². The second-order valence-corrected chi connectivity index (χ2v) is 4.52. The molecule has 3 nitrogen and oxygen atoms in total. The zero-order valence-corrected chi connectivity index (χ0v) is 11.2. The molecule has 0 radical (unpaired) electrons. The molecule has 1 aliphatic heterocycles. The van der Waals surface area contributed by atoms with E-state index in [0.29, 0.717) is 13.0 Å². The zero-order chi connectivity index (χ0) is 10.8. The number of hydrogen-bond donors (Lipinski definition) is 1. The minimum atomic E-state index is 0. The maximum atomic E-state index is 11.7. The van der Waals surface area contributed by atoms with E-state index in [1.54, 1.807) is 0 Å². The summed E-state index contributed by atoms with van der Waals surface area (Å²) in [6, 6.07) is 6.03. The van der Waals surface area contributed by atoms with Crippen molar-refractivity contribution in [2.24, 2.45) is 5.73 Å². The third-order valence-electron chi connectivity index (χ3n) is 2.60. The van der Waals surface area contributed by atoms with Crippen LogP contribution in [-0.4, -0.2) is 19.0 Å². The van der Waals surface area contributed by atoms with Crippen molar-refractivity contribution in [3.8, 4) is 0 Å². The number of anilines is 1. The fourth-order valence-corrected chi connectivity index (χ4v) is 2.30. The Hall–Kier alpha value is -0.580. The number of rotatable bonds is 2. The number of hydrogen-bond acceptors (Lipinski definition) is 2. The van der Waals surface area contributed by atoms with Gasteiger partial charge in [0.1, 0.15) is 0 Å². The van der Waals surface area contributed by atoms with Gasteiger partial charge in [-0.15, -0.1) is 12.4 Å². The monoisotopic (exact) mass is 304 g/mol. The summed E-state index contributed by atoms with van der Waals surface area (Å²) in [4.78, 5) is 13.6. The molecule has 5 heteroatoms. The molecule has 2 N–H and O–H groups in total. The summed E-state index contributed by atoms with van der Waals surface area (Å²) >= 11 is 3.43. The summed E-state index contributed by atoms with van der Waals surface area (Å²) in [5, 5.41) is 0. The molecule has 0 atom stereocenters. The van der Waals surface area contributed by atoms with Crippen LogP contribution in [0.3, 0.4) is 0 Å². The minimum Gasteiger partial charge on any atom is -0.330 e. The predicted molar refractivity (Wildman–Crippen MR) is 71.1 cm³/mol. The van der Waals surface area contributed by atoms with Gasteiger partial charge in [0.2, 0.25) is 5.91 Å². The molecular formula is C11H14BrClN2O. The molecule has 16 heavy (non-hydrogen) atoms. The summed E-state index contributed by atoms with van der Waals surface area (Å²) < 4.78 is 1.06. The predicted octanol–water partition coefficient (Wildman–Crippen LogP) is 2.11. The second kappa shape index (κ2) is 5.66. The van der Waals surface area contributed by atoms with Crippen molar-refractivity contribution >= 4 is 39.9 Å². The van der Waals surface area contributed by atoms with E-state index < -0.39 is 0 Å². The van der Waals surface area contributed by atoms with Crippen LogP contribution >= 0.6 is 28.3 Å². The number of nitrogens with two attached hydrogens (primary N) is 1. The van der Waals surface area contributed by atoms with E-state index in [1.807, 2.05) is 17.0 Å². The molecule has 0 spiro atoms. The maximum absolute atomic E-state index is 11.7. The highest BCUT2D eigenvalue weighted by atomic mass is 79.9. The molecule has 1 amide bonds. The van der Waals surface area contributed by atoms with Gasteiger partial charge in [0.25, 0.3) is 0 Å². The molecule has 0 unspecified atom stereocenters. The third-order valence-corrected chi connectivity index (χ3v) is 3.09. The van der Waals surface area contributed by atoms with Crippen LogP contribution < -0.4 is 10.6 Å². The van der Waals surface area contributed by atoms with E-state index in [1.165, 1.54) is 5.56 Å². The van der Waals surface area contributed by atoms with Gasteiger partial charge in [-0.05, 0) is 30.2 Å². The van der Waals surface area contributed by atoms with E-state index in [2.05, 4.69) is 22.0 Å². The van der Waals surface area contributed by atoms with Gasteiger partial charge >= 0.3 is 0 Å². The summed E-state index contributed by atoms with van der Waals surface area (Å²) in [6.45, 7) is 1.20. The number of amides is 1. The number of fused-ring (bicyclic) bond motifs is 1. The average Bonchev–Trinajstić information content (AvgIpc) is 2.60. The van der Waals surface area contributed by atoms with E-state index in [4.69, 9.17) is 5.73 Å². The third kappa shape index (κ3) is 2.56. The number of halogens is 2. The molecule has 1 aliphatic rings. The van der Waals surface area contributed by atoms with Crippen LogP contribution in [0.5, 0.6) is 0 Å². The maximum Gasteiger partial charge on any atom is 0.228 e. The number of carbonyl (C=O) groups is 1. The highest BCUT2D eigenvalue weighted by Gasteiger charge is 2.23. The molecule has 0 saturated heterocycles. The second-order valence-electron chi connectivity index (χ2n) is 3.61. The Labute approximate surface area is 110 Å². The first-order valence-electron chi connectivity index (χ1n) is 5.01. The van der Waals surface area contributed by atoms with Crippen molar-refractivity contribution in [3.63, 3.8) is 0 Å². The van der Waals surface area contributed by atoms with Gasteiger partial charge in [-0.2, -0.15) is 0 Å². The lowest BCUT2D eigenvalue weighted by Crippen LogP contribution is -2.30. The normalized spacial score (nSPS) is 13.2. The van der Waals surface area contributed by atoms with Crippen molar-refractivity contribution in [2.45, 2.75) is 12.8 Å². The Morgan fingerprint density at radius 2 is 2.25 bits per heavy atom. The lowest BCUT2D eigenvalue weighted by atomic mass is 10.2. The first-order valence-corrected chi connectivity index (χ1v) is 5.80. The lowest BCUT2D eigenvalue weighted by molar-refractivity contribution is -0.118. The lowest BCUT2D eigenvalue weighted by Gasteiger charge is -2.16. The van der Waals surface area contributed by atoms with Gasteiger partial charge in [0.15, 0.2) is 0 Å². The van der Waals surface area contributed by atoms with Crippen LogP contribution in [0.2, 0.25) is 0 Å². The molecule has 1 aromatic rings. The van der Waals surface area contributed by atoms with Gasteiger partial charge in [-0.3, -0.25) is 4.79 Å². The summed E-state index contributed by atoms with van der Waals surface area (Å²) in [5.74, 6) is 0.124. The first kappa shape index (κ1) is 13.5. The first-order chi connectivity index (χ1) is 7.22. The standard InChI is InChI=1S/C11H13BrN2O.ClH/c12-9-1-2-10-8(7-9)4-6-14(10)11(15)3-5-13;/h1-2,7H,3-6,13H2;1H. The van der Waals surface area contributed by atoms with Crippen LogP contribution in [0.15, 0.2) is 22.7 Å². The molecule has 2 rings (SSSR count). The van der Waals surface area contributed by atoms with Crippen LogP contribution in [0.4, 0.5) is 5.69 Å². The van der Waals surface area contributed by atoms with E-state index in [9.17, 15) is 4.79 Å². The van der Waals surface area contributed by atoms with Crippen LogP contribution in [0, 0.1) is 0 Å². The fourth-order valence-electron chi connectivity index (χ4n) is 1.89. The molecular weight excluding hydrogens is 291 g/mol. The fraction of sp³-hybridized carbons (Fsp3) is 0.364. The summed E-state index contributed by atoms with van der Waals surface area (Å²) in [7, 11) is 0. The Balaban J connectivity index is 0.00000128. The largest absolute Gasteiger partial charge is 0.330 e. The van der Waals surface area contributed by atoms with Gasteiger partial charge in [0.05, 0.1) is 0 Å². The molecule has 1 aromatic carbocycles. The molecule has 88 valence electrons. The number of carbonyl (C=O) groups excluding carboxylic acids is 1. The number of benzene rings is 1. The van der Waals surface area contributed by atoms with Crippen LogP contribution in [-0.2, 0) is 11.2 Å². The Bertz CT molecular complexity index is 398. The van der Waals surface area contributed by atoms with Gasteiger partial charge < -0.3 is 10.6 Å². The topological polar surface area (TPSA) is 46.3 Å². The van der Waals surface area contributed by atoms with Crippen molar-refractivity contribution in [2.75, 3.05) is 18.0 Å². The molecule has 0 fully saturated rings. The van der Waals surface area contributed by atoms with Crippen LogP contribution in [0.1, 0.15) is 12.0 Å².